The third-order valence-corrected chi connectivity index (χ3v) is 4.66. The second-order valence-electron chi connectivity index (χ2n) is 6.85. The molecule has 0 aromatic heterocycles. The second kappa shape index (κ2) is 4.20. The minimum absolute atomic E-state index is 0.113. The number of halogens is 1. The lowest BCUT2D eigenvalue weighted by Gasteiger charge is -2.40. The van der Waals surface area contributed by atoms with Crippen LogP contribution in [0.3, 0.4) is 0 Å². The van der Waals surface area contributed by atoms with Crippen molar-refractivity contribution in [3.05, 3.63) is 29.6 Å². The Morgan fingerprint density at radius 2 is 2.11 bits per heavy atom. The third kappa shape index (κ3) is 2.25. The zero-order valence-corrected chi connectivity index (χ0v) is 11.9. The van der Waals surface area contributed by atoms with E-state index in [1.165, 1.54) is 18.6 Å². The highest BCUT2D eigenvalue weighted by molar-refractivity contribution is 5.39. The van der Waals surface area contributed by atoms with Crippen LogP contribution in [0.2, 0.25) is 0 Å². The molecule has 1 aromatic rings. The van der Waals surface area contributed by atoms with Crippen LogP contribution < -0.4 is 10.1 Å². The smallest absolute Gasteiger partial charge is 0.127 e. The molecular formula is C16H22FNO. The van der Waals surface area contributed by atoms with E-state index in [0.29, 0.717) is 5.41 Å². The summed E-state index contributed by atoms with van der Waals surface area (Å²) in [7, 11) is 1.97. The van der Waals surface area contributed by atoms with Crippen LogP contribution in [0.25, 0.3) is 0 Å². The summed E-state index contributed by atoms with van der Waals surface area (Å²) in [5.41, 5.74) is 1.29. The Hall–Kier alpha value is -1.09. The molecule has 0 radical (unpaired) electrons. The van der Waals surface area contributed by atoms with Crippen molar-refractivity contribution in [3.8, 4) is 5.75 Å². The zero-order valence-electron chi connectivity index (χ0n) is 11.9. The number of ether oxygens (including phenoxy) is 1. The molecule has 1 spiro atoms. The average molecular weight is 263 g/mol. The predicted octanol–water partition coefficient (Wildman–Crippen LogP) is 3.82. The molecule has 1 fully saturated rings. The van der Waals surface area contributed by atoms with Crippen LogP contribution >= 0.6 is 0 Å². The summed E-state index contributed by atoms with van der Waals surface area (Å²) < 4.78 is 19.7. The molecule has 0 bridgehead atoms. The van der Waals surface area contributed by atoms with Gasteiger partial charge in [-0.05, 0) is 37.8 Å². The standard InChI is InChI=1S/C16H22FNO/c1-15(2)6-7-16(10-15)9-13(18-3)12-5-4-11(17)8-14(12)19-16/h4-5,8,13,18H,6-7,9-10H2,1-3H3. The molecule has 3 rings (SSSR count). The maximum atomic E-state index is 13.5. The predicted molar refractivity (Wildman–Crippen MR) is 73.8 cm³/mol. The Kier molecular flexibility index (Phi) is 2.86. The SMILES string of the molecule is CNC1CC2(CCC(C)(C)C2)Oc2cc(F)ccc21. The van der Waals surface area contributed by atoms with Crippen LogP contribution in [-0.4, -0.2) is 12.6 Å². The lowest BCUT2D eigenvalue weighted by molar-refractivity contribution is 0.0284. The van der Waals surface area contributed by atoms with Gasteiger partial charge in [0.2, 0.25) is 0 Å². The lowest BCUT2D eigenvalue weighted by atomic mass is 9.82. The van der Waals surface area contributed by atoms with Gasteiger partial charge >= 0.3 is 0 Å². The molecule has 1 aromatic carbocycles. The Bertz CT molecular complexity index is 500. The topological polar surface area (TPSA) is 21.3 Å². The van der Waals surface area contributed by atoms with Crippen LogP contribution in [0.15, 0.2) is 18.2 Å². The number of hydrogen-bond acceptors (Lipinski definition) is 2. The molecule has 1 aliphatic carbocycles. The largest absolute Gasteiger partial charge is 0.487 e. The quantitative estimate of drug-likeness (QED) is 0.831. The van der Waals surface area contributed by atoms with E-state index in [4.69, 9.17) is 4.74 Å². The van der Waals surface area contributed by atoms with Crippen molar-refractivity contribution in [3.63, 3.8) is 0 Å². The molecule has 0 saturated heterocycles. The van der Waals surface area contributed by atoms with E-state index in [1.54, 1.807) is 0 Å². The number of nitrogens with one attached hydrogen (secondary N) is 1. The molecule has 0 amide bonds. The summed E-state index contributed by atoms with van der Waals surface area (Å²) in [6.45, 7) is 4.58. The summed E-state index contributed by atoms with van der Waals surface area (Å²) in [6, 6.07) is 5.16. The van der Waals surface area contributed by atoms with Gasteiger partial charge in [0.25, 0.3) is 0 Å². The molecule has 2 unspecified atom stereocenters. The second-order valence-corrected chi connectivity index (χ2v) is 6.85. The van der Waals surface area contributed by atoms with E-state index >= 15 is 0 Å². The molecule has 104 valence electrons. The Morgan fingerprint density at radius 3 is 2.74 bits per heavy atom. The van der Waals surface area contributed by atoms with E-state index in [1.807, 2.05) is 13.1 Å². The van der Waals surface area contributed by atoms with E-state index in [-0.39, 0.29) is 17.5 Å². The van der Waals surface area contributed by atoms with Crippen molar-refractivity contribution in [2.24, 2.45) is 5.41 Å². The van der Waals surface area contributed by atoms with Crippen LogP contribution in [-0.2, 0) is 0 Å². The van der Waals surface area contributed by atoms with Crippen molar-refractivity contribution in [2.75, 3.05) is 7.05 Å². The van der Waals surface area contributed by atoms with Gasteiger partial charge in [-0.25, -0.2) is 4.39 Å². The summed E-state index contributed by atoms with van der Waals surface area (Å²) in [4.78, 5) is 0. The molecule has 3 heteroatoms. The normalized spacial score (nSPS) is 32.1. The molecule has 1 heterocycles. The first-order valence-electron chi connectivity index (χ1n) is 7.09. The molecule has 2 aliphatic rings. The van der Waals surface area contributed by atoms with Crippen molar-refractivity contribution in [1.82, 2.24) is 5.32 Å². The van der Waals surface area contributed by atoms with Crippen molar-refractivity contribution < 1.29 is 9.13 Å². The Labute approximate surface area is 114 Å². The molecular weight excluding hydrogens is 241 g/mol. The summed E-state index contributed by atoms with van der Waals surface area (Å²) >= 11 is 0. The van der Waals surface area contributed by atoms with E-state index < -0.39 is 0 Å². The number of hydrogen-bond donors (Lipinski definition) is 1. The third-order valence-electron chi connectivity index (χ3n) is 4.66. The van der Waals surface area contributed by atoms with Crippen LogP contribution in [0.1, 0.15) is 51.1 Å². The monoisotopic (exact) mass is 263 g/mol. The first kappa shape index (κ1) is 12.9. The van der Waals surface area contributed by atoms with Crippen molar-refractivity contribution in [2.45, 2.75) is 51.2 Å². The minimum atomic E-state index is -0.220. The fourth-order valence-electron chi connectivity index (χ4n) is 3.78. The molecule has 1 saturated carbocycles. The first-order valence-corrected chi connectivity index (χ1v) is 7.09. The first-order chi connectivity index (χ1) is 8.93. The Balaban J connectivity index is 1.97. The average Bonchev–Trinajstić information content (AvgIpc) is 2.63. The fraction of sp³-hybridized carbons (Fsp3) is 0.625. The van der Waals surface area contributed by atoms with Gasteiger partial charge in [-0.15, -0.1) is 0 Å². The van der Waals surface area contributed by atoms with Gasteiger partial charge in [0.1, 0.15) is 17.2 Å². The van der Waals surface area contributed by atoms with Gasteiger partial charge in [-0.2, -0.15) is 0 Å². The van der Waals surface area contributed by atoms with Gasteiger partial charge in [-0.3, -0.25) is 0 Å². The minimum Gasteiger partial charge on any atom is -0.487 e. The molecule has 19 heavy (non-hydrogen) atoms. The van der Waals surface area contributed by atoms with Gasteiger partial charge in [-0.1, -0.05) is 19.9 Å². The van der Waals surface area contributed by atoms with Gasteiger partial charge < -0.3 is 10.1 Å². The maximum Gasteiger partial charge on any atom is 0.127 e. The molecule has 2 atom stereocenters. The highest BCUT2D eigenvalue weighted by Crippen LogP contribution is 2.52. The zero-order chi connectivity index (χ0) is 13.7. The number of rotatable bonds is 1. The number of fused-ring (bicyclic) bond motifs is 1. The number of benzene rings is 1. The summed E-state index contributed by atoms with van der Waals surface area (Å²) in [5.74, 6) is 0.506. The van der Waals surface area contributed by atoms with E-state index in [0.717, 1.165) is 30.6 Å². The van der Waals surface area contributed by atoms with Gasteiger partial charge in [0, 0.05) is 24.1 Å². The van der Waals surface area contributed by atoms with Crippen LogP contribution in [0, 0.1) is 11.2 Å². The van der Waals surface area contributed by atoms with Crippen LogP contribution in [0.4, 0.5) is 4.39 Å². The van der Waals surface area contributed by atoms with E-state index in [9.17, 15) is 4.39 Å². The highest BCUT2D eigenvalue weighted by Gasteiger charge is 2.49. The fourth-order valence-corrected chi connectivity index (χ4v) is 3.78. The van der Waals surface area contributed by atoms with E-state index in [2.05, 4.69) is 19.2 Å². The van der Waals surface area contributed by atoms with Gasteiger partial charge in [0.15, 0.2) is 0 Å². The molecule has 1 N–H and O–H groups in total. The highest BCUT2D eigenvalue weighted by atomic mass is 19.1. The maximum absolute atomic E-state index is 13.5. The van der Waals surface area contributed by atoms with Crippen molar-refractivity contribution in [1.29, 1.82) is 0 Å². The Morgan fingerprint density at radius 1 is 1.32 bits per heavy atom. The lowest BCUT2D eigenvalue weighted by Crippen LogP contribution is -2.42. The summed E-state index contributed by atoms with van der Waals surface area (Å²) in [6.07, 6.45) is 4.27. The molecule has 1 aliphatic heterocycles. The van der Waals surface area contributed by atoms with Crippen LogP contribution in [0.5, 0.6) is 5.75 Å². The van der Waals surface area contributed by atoms with Gasteiger partial charge in [0.05, 0.1) is 0 Å². The summed E-state index contributed by atoms with van der Waals surface area (Å²) in [5, 5.41) is 3.36. The van der Waals surface area contributed by atoms with Crippen molar-refractivity contribution >= 4 is 0 Å². The molecule has 2 nitrogen and oxygen atoms in total.